The van der Waals surface area contributed by atoms with E-state index in [2.05, 4.69) is 10.3 Å². The zero-order valence-corrected chi connectivity index (χ0v) is 14.7. The number of nitrogens with zero attached hydrogens (tertiary/aromatic N) is 2. The van der Waals surface area contributed by atoms with E-state index in [1.807, 2.05) is 0 Å². The molecule has 1 N–H and O–H groups in total. The van der Waals surface area contributed by atoms with Crippen LogP contribution < -0.4 is 5.32 Å². The number of rotatable bonds is 3. The highest BCUT2D eigenvalue weighted by atomic mass is 35.5. The van der Waals surface area contributed by atoms with E-state index in [1.165, 1.54) is 12.1 Å². The highest BCUT2D eigenvalue weighted by molar-refractivity contribution is 8.18. The number of amidine groups is 1. The Kier molecular flexibility index (Phi) is 5.08. The second-order valence-corrected chi connectivity index (χ2v) is 6.80. The van der Waals surface area contributed by atoms with Gasteiger partial charge in [0.05, 0.1) is 20.5 Å². The van der Waals surface area contributed by atoms with E-state index < -0.39 is 4.92 Å². The number of halogens is 2. The van der Waals surface area contributed by atoms with Crippen molar-refractivity contribution < 1.29 is 9.72 Å². The number of non-ortho nitro benzene ring substituents is 1. The minimum absolute atomic E-state index is 0.0420. The third-order valence-electron chi connectivity index (χ3n) is 3.16. The molecule has 9 heteroatoms. The largest absolute Gasteiger partial charge is 0.300 e. The van der Waals surface area contributed by atoms with Gasteiger partial charge in [-0.3, -0.25) is 14.9 Å². The molecular weight excluding hydrogens is 385 g/mol. The number of thioether (sulfide) groups is 1. The molecule has 0 unspecified atom stereocenters. The molecule has 25 heavy (non-hydrogen) atoms. The lowest BCUT2D eigenvalue weighted by molar-refractivity contribution is -0.384. The predicted molar refractivity (Wildman–Crippen MR) is 100 cm³/mol. The van der Waals surface area contributed by atoms with Gasteiger partial charge in [0.15, 0.2) is 5.17 Å². The van der Waals surface area contributed by atoms with Crippen LogP contribution in [-0.4, -0.2) is 16.0 Å². The van der Waals surface area contributed by atoms with Crippen molar-refractivity contribution in [2.75, 3.05) is 0 Å². The van der Waals surface area contributed by atoms with Crippen LogP contribution in [0.5, 0.6) is 0 Å². The third-order valence-corrected chi connectivity index (χ3v) is 4.61. The summed E-state index contributed by atoms with van der Waals surface area (Å²) in [6, 6.07) is 10.9. The molecule has 2 aromatic rings. The Hall–Kier alpha value is -2.35. The number of aliphatic imine (C=N–C) groups is 1. The first-order chi connectivity index (χ1) is 11.9. The molecule has 2 aromatic carbocycles. The summed E-state index contributed by atoms with van der Waals surface area (Å²) in [5, 5.41) is 14.7. The number of amides is 1. The van der Waals surface area contributed by atoms with Crippen molar-refractivity contribution in [3.8, 4) is 0 Å². The van der Waals surface area contributed by atoms with E-state index in [1.54, 1.807) is 36.4 Å². The summed E-state index contributed by atoms with van der Waals surface area (Å²) < 4.78 is 0. The molecule has 3 rings (SSSR count). The Morgan fingerprint density at radius 1 is 1.20 bits per heavy atom. The van der Waals surface area contributed by atoms with E-state index in [0.717, 1.165) is 11.8 Å². The summed E-state index contributed by atoms with van der Waals surface area (Å²) in [5.74, 6) is -0.333. The fourth-order valence-corrected chi connectivity index (χ4v) is 3.33. The minimum atomic E-state index is -0.487. The van der Waals surface area contributed by atoms with Gasteiger partial charge in [-0.2, -0.15) is 0 Å². The maximum Gasteiger partial charge on any atom is 0.270 e. The van der Waals surface area contributed by atoms with Crippen LogP contribution in [-0.2, 0) is 4.79 Å². The number of benzene rings is 2. The first kappa shape index (κ1) is 17.5. The molecule has 0 aliphatic carbocycles. The van der Waals surface area contributed by atoms with Gasteiger partial charge in [-0.15, -0.1) is 0 Å². The van der Waals surface area contributed by atoms with Crippen LogP contribution in [0.2, 0.25) is 10.0 Å². The predicted octanol–water partition coefficient (Wildman–Crippen LogP) is 4.79. The molecule has 0 spiro atoms. The number of hydrogen-bond acceptors (Lipinski definition) is 5. The zero-order valence-electron chi connectivity index (χ0n) is 12.4. The van der Waals surface area contributed by atoms with Gasteiger partial charge in [-0.05, 0) is 41.6 Å². The second kappa shape index (κ2) is 7.26. The standard InChI is InChI=1S/C16H9Cl2N3O3S/c17-10-4-5-13(12(18)8-10)19-16-20-15(22)14(25-16)7-9-2-1-3-11(6-9)21(23)24/h1-8H,(H,19,20,22)/b14-7-. The maximum absolute atomic E-state index is 12.1. The summed E-state index contributed by atoms with van der Waals surface area (Å²) in [5.41, 5.74) is 0.989. The van der Waals surface area contributed by atoms with Crippen LogP contribution in [0.4, 0.5) is 11.4 Å². The van der Waals surface area contributed by atoms with E-state index >= 15 is 0 Å². The Morgan fingerprint density at radius 2 is 2.00 bits per heavy atom. The molecule has 0 saturated carbocycles. The molecule has 1 aliphatic rings. The average molecular weight is 394 g/mol. The van der Waals surface area contributed by atoms with E-state index in [0.29, 0.717) is 31.4 Å². The van der Waals surface area contributed by atoms with Crippen LogP contribution in [0.25, 0.3) is 6.08 Å². The van der Waals surface area contributed by atoms with Gasteiger partial charge in [0.2, 0.25) is 0 Å². The molecule has 1 fully saturated rings. The summed E-state index contributed by atoms with van der Waals surface area (Å²) in [6.45, 7) is 0. The monoisotopic (exact) mass is 393 g/mol. The van der Waals surface area contributed by atoms with Crippen LogP contribution in [0.3, 0.4) is 0 Å². The SMILES string of the molecule is O=C1NC(=Nc2ccc(Cl)cc2Cl)S/C1=C\c1cccc([N+](=O)[O-])c1. The highest BCUT2D eigenvalue weighted by Gasteiger charge is 2.24. The lowest BCUT2D eigenvalue weighted by Gasteiger charge is -2.00. The number of nitro groups is 1. The lowest BCUT2D eigenvalue weighted by Crippen LogP contribution is -2.19. The molecule has 126 valence electrons. The van der Waals surface area contributed by atoms with Crippen molar-refractivity contribution in [3.05, 3.63) is 73.1 Å². The quantitative estimate of drug-likeness (QED) is 0.461. The van der Waals surface area contributed by atoms with Gasteiger partial charge < -0.3 is 5.32 Å². The van der Waals surface area contributed by atoms with Gasteiger partial charge in [-0.1, -0.05) is 35.3 Å². The molecule has 1 heterocycles. The van der Waals surface area contributed by atoms with Crippen molar-refractivity contribution >= 4 is 63.5 Å². The van der Waals surface area contributed by atoms with Crippen LogP contribution >= 0.6 is 35.0 Å². The molecule has 0 bridgehead atoms. The van der Waals surface area contributed by atoms with Crippen LogP contribution in [0.15, 0.2) is 52.4 Å². The zero-order chi connectivity index (χ0) is 18.0. The molecule has 0 radical (unpaired) electrons. The van der Waals surface area contributed by atoms with E-state index in [9.17, 15) is 14.9 Å². The molecule has 6 nitrogen and oxygen atoms in total. The summed E-state index contributed by atoms with van der Waals surface area (Å²) in [4.78, 5) is 27.1. The third kappa shape index (κ3) is 4.19. The lowest BCUT2D eigenvalue weighted by atomic mass is 10.2. The van der Waals surface area contributed by atoms with Crippen LogP contribution in [0, 0.1) is 10.1 Å². The second-order valence-electron chi connectivity index (χ2n) is 4.93. The molecule has 1 saturated heterocycles. The Balaban J connectivity index is 1.86. The molecule has 0 atom stereocenters. The number of carbonyl (C=O) groups excluding carboxylic acids is 1. The Labute approximate surface area is 156 Å². The Bertz CT molecular complexity index is 944. The van der Waals surface area contributed by atoms with Crippen molar-refractivity contribution in [1.82, 2.24) is 5.32 Å². The van der Waals surface area contributed by atoms with Crippen LogP contribution in [0.1, 0.15) is 5.56 Å². The van der Waals surface area contributed by atoms with Crippen molar-refractivity contribution in [1.29, 1.82) is 0 Å². The molecule has 1 aliphatic heterocycles. The fourth-order valence-electron chi connectivity index (χ4n) is 2.04. The van der Waals surface area contributed by atoms with Crippen molar-refractivity contribution in [2.24, 2.45) is 4.99 Å². The molecular formula is C16H9Cl2N3O3S. The number of carbonyl (C=O) groups is 1. The summed E-state index contributed by atoms with van der Waals surface area (Å²) in [6.07, 6.45) is 1.57. The normalized spacial score (nSPS) is 17.1. The van der Waals surface area contributed by atoms with Gasteiger partial charge in [0.25, 0.3) is 11.6 Å². The molecule has 1 amide bonds. The van der Waals surface area contributed by atoms with Crippen molar-refractivity contribution in [3.63, 3.8) is 0 Å². The number of hydrogen-bond donors (Lipinski definition) is 1. The highest BCUT2D eigenvalue weighted by Crippen LogP contribution is 2.32. The van der Waals surface area contributed by atoms with E-state index in [4.69, 9.17) is 23.2 Å². The summed E-state index contributed by atoms with van der Waals surface area (Å²) in [7, 11) is 0. The number of nitro benzene ring substituents is 1. The Morgan fingerprint density at radius 3 is 2.72 bits per heavy atom. The van der Waals surface area contributed by atoms with Crippen molar-refractivity contribution in [2.45, 2.75) is 0 Å². The first-order valence-electron chi connectivity index (χ1n) is 6.91. The van der Waals surface area contributed by atoms with E-state index in [-0.39, 0.29) is 11.6 Å². The fraction of sp³-hybridized carbons (Fsp3) is 0. The maximum atomic E-state index is 12.1. The minimum Gasteiger partial charge on any atom is -0.300 e. The van der Waals surface area contributed by atoms with Gasteiger partial charge in [0.1, 0.15) is 0 Å². The van der Waals surface area contributed by atoms with Gasteiger partial charge in [-0.25, -0.2) is 4.99 Å². The summed E-state index contributed by atoms with van der Waals surface area (Å²) >= 11 is 13.0. The molecule has 0 aromatic heterocycles. The smallest absolute Gasteiger partial charge is 0.270 e. The average Bonchev–Trinajstić information content (AvgIpc) is 2.90. The first-order valence-corrected chi connectivity index (χ1v) is 8.49. The van der Waals surface area contributed by atoms with Gasteiger partial charge in [0, 0.05) is 17.2 Å². The topological polar surface area (TPSA) is 84.6 Å². The number of nitrogens with one attached hydrogen (secondary N) is 1. The van der Waals surface area contributed by atoms with Gasteiger partial charge >= 0.3 is 0 Å².